The lowest BCUT2D eigenvalue weighted by Gasteiger charge is -2.18. The van der Waals surface area contributed by atoms with Gasteiger partial charge in [-0.3, -0.25) is 14.2 Å². The number of fused-ring (bicyclic) bond motifs is 1. The number of amides is 1. The monoisotopic (exact) mass is 429 g/mol. The maximum absolute atomic E-state index is 13.4. The van der Waals surface area contributed by atoms with Crippen molar-refractivity contribution >= 4 is 34.3 Å². The summed E-state index contributed by atoms with van der Waals surface area (Å²) in [6.45, 7) is 3.97. The van der Waals surface area contributed by atoms with Gasteiger partial charge in [0.15, 0.2) is 5.16 Å². The SMILES string of the molecule is Cc1ccc(C)c(-n2c(SCC(=O)N(C)c3ccccc3)nc3ccccc3c2=O)c1. The third kappa shape index (κ3) is 4.25. The molecule has 0 aliphatic rings. The number of rotatable bonds is 5. The summed E-state index contributed by atoms with van der Waals surface area (Å²) in [4.78, 5) is 32.6. The van der Waals surface area contributed by atoms with Gasteiger partial charge in [-0.2, -0.15) is 0 Å². The zero-order chi connectivity index (χ0) is 22.0. The van der Waals surface area contributed by atoms with Crippen molar-refractivity contribution in [2.24, 2.45) is 0 Å². The van der Waals surface area contributed by atoms with Crippen LogP contribution in [0.15, 0.2) is 82.7 Å². The van der Waals surface area contributed by atoms with Crippen molar-refractivity contribution in [1.82, 2.24) is 9.55 Å². The zero-order valence-electron chi connectivity index (χ0n) is 17.7. The fourth-order valence-electron chi connectivity index (χ4n) is 3.40. The Labute approximate surface area is 185 Å². The van der Waals surface area contributed by atoms with Crippen molar-refractivity contribution in [2.75, 3.05) is 17.7 Å². The Bertz CT molecular complexity index is 1320. The van der Waals surface area contributed by atoms with Crippen LogP contribution in [0.4, 0.5) is 5.69 Å². The maximum Gasteiger partial charge on any atom is 0.266 e. The smallest absolute Gasteiger partial charge is 0.266 e. The Morgan fingerprint density at radius 2 is 1.71 bits per heavy atom. The van der Waals surface area contributed by atoms with E-state index >= 15 is 0 Å². The molecule has 3 aromatic carbocycles. The van der Waals surface area contributed by atoms with Crippen molar-refractivity contribution in [3.05, 3.63) is 94.3 Å². The van der Waals surface area contributed by atoms with Crippen molar-refractivity contribution in [1.29, 1.82) is 0 Å². The maximum atomic E-state index is 13.4. The van der Waals surface area contributed by atoms with E-state index in [0.29, 0.717) is 16.1 Å². The van der Waals surface area contributed by atoms with Crippen LogP contribution in [0.2, 0.25) is 0 Å². The van der Waals surface area contributed by atoms with Crippen LogP contribution in [0.3, 0.4) is 0 Å². The molecule has 0 bridgehead atoms. The van der Waals surface area contributed by atoms with E-state index in [9.17, 15) is 9.59 Å². The van der Waals surface area contributed by atoms with Crippen LogP contribution in [-0.2, 0) is 4.79 Å². The Balaban J connectivity index is 1.75. The zero-order valence-corrected chi connectivity index (χ0v) is 18.5. The molecule has 31 heavy (non-hydrogen) atoms. The van der Waals surface area contributed by atoms with Gasteiger partial charge in [0.1, 0.15) is 0 Å². The van der Waals surface area contributed by atoms with Crippen LogP contribution in [0.5, 0.6) is 0 Å². The molecule has 0 spiro atoms. The molecule has 1 heterocycles. The number of carbonyl (C=O) groups excluding carboxylic acids is 1. The van der Waals surface area contributed by atoms with E-state index in [0.717, 1.165) is 22.5 Å². The predicted octanol–water partition coefficient (Wildman–Crippen LogP) is 4.76. The average Bonchev–Trinajstić information content (AvgIpc) is 2.79. The summed E-state index contributed by atoms with van der Waals surface area (Å²) in [5.41, 5.74) is 4.13. The minimum Gasteiger partial charge on any atom is -0.315 e. The second-order valence-electron chi connectivity index (χ2n) is 7.42. The van der Waals surface area contributed by atoms with Gasteiger partial charge in [0.25, 0.3) is 5.56 Å². The van der Waals surface area contributed by atoms with Crippen LogP contribution in [0.25, 0.3) is 16.6 Å². The molecule has 4 rings (SSSR count). The van der Waals surface area contributed by atoms with E-state index in [2.05, 4.69) is 0 Å². The molecule has 156 valence electrons. The number of hydrogen-bond acceptors (Lipinski definition) is 4. The summed E-state index contributed by atoms with van der Waals surface area (Å²) < 4.78 is 1.63. The molecule has 4 aromatic rings. The van der Waals surface area contributed by atoms with Gasteiger partial charge in [0.05, 0.1) is 22.3 Å². The highest BCUT2D eigenvalue weighted by atomic mass is 32.2. The Kier molecular flexibility index (Phi) is 5.91. The van der Waals surface area contributed by atoms with Gasteiger partial charge in [-0.1, -0.05) is 54.2 Å². The first-order valence-electron chi connectivity index (χ1n) is 9.99. The minimum atomic E-state index is -0.134. The van der Waals surface area contributed by atoms with E-state index in [-0.39, 0.29) is 17.2 Å². The van der Waals surface area contributed by atoms with E-state index in [4.69, 9.17) is 4.98 Å². The first kappa shape index (κ1) is 20.9. The number of aryl methyl sites for hydroxylation is 2. The number of anilines is 1. The first-order valence-corrected chi connectivity index (χ1v) is 11.0. The standard InChI is InChI=1S/C25H23N3O2S/c1-17-13-14-18(2)22(15-17)28-24(30)20-11-7-8-12-21(20)26-25(28)31-16-23(29)27(3)19-9-5-4-6-10-19/h4-15H,16H2,1-3H3. The molecule has 0 unspecified atom stereocenters. The van der Waals surface area contributed by atoms with Gasteiger partial charge in [0, 0.05) is 12.7 Å². The van der Waals surface area contributed by atoms with E-state index in [1.165, 1.54) is 11.8 Å². The summed E-state index contributed by atoms with van der Waals surface area (Å²) in [6, 6.07) is 22.8. The van der Waals surface area contributed by atoms with Crippen molar-refractivity contribution < 1.29 is 4.79 Å². The number of para-hydroxylation sites is 2. The first-order chi connectivity index (χ1) is 15.0. The third-order valence-corrected chi connectivity index (χ3v) is 6.12. The molecule has 0 N–H and O–H groups in total. The molecule has 5 nitrogen and oxygen atoms in total. The number of nitrogens with zero attached hydrogens (tertiary/aromatic N) is 3. The largest absolute Gasteiger partial charge is 0.315 e. The van der Waals surface area contributed by atoms with Crippen LogP contribution in [-0.4, -0.2) is 28.3 Å². The van der Waals surface area contributed by atoms with E-state index < -0.39 is 0 Å². The van der Waals surface area contributed by atoms with Gasteiger partial charge in [-0.15, -0.1) is 0 Å². The molecule has 1 amide bonds. The lowest BCUT2D eigenvalue weighted by molar-refractivity contribution is -0.115. The van der Waals surface area contributed by atoms with E-state index in [1.807, 2.05) is 80.6 Å². The fourth-order valence-corrected chi connectivity index (χ4v) is 4.32. The van der Waals surface area contributed by atoms with Gasteiger partial charge in [0.2, 0.25) is 5.91 Å². The molecule has 0 fully saturated rings. The lowest BCUT2D eigenvalue weighted by atomic mass is 10.1. The summed E-state index contributed by atoms with van der Waals surface area (Å²) in [7, 11) is 1.75. The second-order valence-corrected chi connectivity index (χ2v) is 8.36. The van der Waals surface area contributed by atoms with Crippen molar-refractivity contribution in [3.8, 4) is 5.69 Å². The number of aromatic nitrogens is 2. The fraction of sp³-hybridized carbons (Fsp3) is 0.160. The highest BCUT2D eigenvalue weighted by Crippen LogP contribution is 2.24. The summed E-state index contributed by atoms with van der Waals surface area (Å²) in [5, 5.41) is 1.06. The molecule has 0 aliphatic carbocycles. The molecule has 0 aliphatic heterocycles. The summed E-state index contributed by atoms with van der Waals surface area (Å²) in [6.07, 6.45) is 0. The molecule has 6 heteroatoms. The molecule has 0 atom stereocenters. The molecular weight excluding hydrogens is 406 g/mol. The van der Waals surface area contributed by atoms with Gasteiger partial charge in [-0.05, 0) is 55.3 Å². The Hall–Kier alpha value is -3.38. The topological polar surface area (TPSA) is 55.2 Å². The van der Waals surface area contributed by atoms with Crippen molar-refractivity contribution in [3.63, 3.8) is 0 Å². The van der Waals surface area contributed by atoms with Gasteiger partial charge in [-0.25, -0.2) is 4.98 Å². The number of benzene rings is 3. The van der Waals surface area contributed by atoms with Crippen LogP contribution in [0.1, 0.15) is 11.1 Å². The highest BCUT2D eigenvalue weighted by Gasteiger charge is 2.18. The molecule has 1 aromatic heterocycles. The predicted molar refractivity (Wildman–Crippen MR) is 127 cm³/mol. The molecule has 0 saturated heterocycles. The quantitative estimate of drug-likeness (QED) is 0.339. The van der Waals surface area contributed by atoms with Crippen LogP contribution in [0, 0.1) is 13.8 Å². The Morgan fingerprint density at radius 3 is 2.48 bits per heavy atom. The van der Waals surface area contributed by atoms with Gasteiger partial charge >= 0.3 is 0 Å². The average molecular weight is 430 g/mol. The van der Waals surface area contributed by atoms with Crippen LogP contribution < -0.4 is 10.5 Å². The number of hydrogen-bond donors (Lipinski definition) is 0. The number of thioether (sulfide) groups is 1. The van der Waals surface area contributed by atoms with E-state index in [1.54, 1.807) is 22.6 Å². The normalized spacial score (nSPS) is 10.9. The lowest BCUT2D eigenvalue weighted by Crippen LogP contribution is -2.28. The molecular formula is C25H23N3O2S. The van der Waals surface area contributed by atoms with Crippen LogP contribution >= 0.6 is 11.8 Å². The molecule has 0 radical (unpaired) electrons. The summed E-state index contributed by atoms with van der Waals surface area (Å²) in [5.74, 6) is 0.104. The number of carbonyl (C=O) groups is 1. The van der Waals surface area contributed by atoms with Gasteiger partial charge < -0.3 is 4.90 Å². The highest BCUT2D eigenvalue weighted by molar-refractivity contribution is 7.99. The van der Waals surface area contributed by atoms with Crippen molar-refractivity contribution in [2.45, 2.75) is 19.0 Å². The molecule has 0 saturated carbocycles. The summed E-state index contributed by atoms with van der Waals surface area (Å²) >= 11 is 1.28. The Morgan fingerprint density at radius 1 is 1.00 bits per heavy atom. The minimum absolute atomic E-state index is 0.0638. The second kappa shape index (κ2) is 8.78. The third-order valence-electron chi connectivity index (χ3n) is 5.19.